The second kappa shape index (κ2) is 9.23. The van der Waals surface area contributed by atoms with Crippen LogP contribution in [-0.2, 0) is 11.3 Å². The average Bonchev–Trinajstić information content (AvgIpc) is 2.58. The van der Waals surface area contributed by atoms with E-state index in [4.69, 9.17) is 5.73 Å². The molecule has 116 valence electrons. The number of benzene rings is 1. The molecule has 2 N–H and O–H groups in total. The Balaban J connectivity index is 1.93. The number of hydrogen-bond acceptors (Lipinski definition) is 4. The third kappa shape index (κ3) is 5.50. The van der Waals surface area contributed by atoms with Crippen molar-refractivity contribution in [2.75, 3.05) is 18.8 Å². The van der Waals surface area contributed by atoms with Crippen molar-refractivity contribution in [2.24, 2.45) is 5.73 Å². The van der Waals surface area contributed by atoms with Crippen molar-refractivity contribution < 1.29 is 4.79 Å². The van der Waals surface area contributed by atoms with E-state index in [1.165, 1.54) is 11.8 Å². The molecule has 0 saturated carbocycles. The number of thioether (sulfide) groups is 1. The van der Waals surface area contributed by atoms with Gasteiger partial charge in [0.1, 0.15) is 0 Å². The van der Waals surface area contributed by atoms with Crippen LogP contribution in [-0.4, -0.2) is 34.6 Å². The molecular formula is C17H21N3OS. The van der Waals surface area contributed by atoms with Crippen molar-refractivity contribution in [1.29, 1.82) is 0 Å². The molecule has 0 fully saturated rings. The molecule has 5 heteroatoms. The smallest absolute Gasteiger partial charge is 0.233 e. The highest BCUT2D eigenvalue weighted by molar-refractivity contribution is 8.00. The van der Waals surface area contributed by atoms with Gasteiger partial charge < -0.3 is 10.6 Å². The molecule has 1 aromatic carbocycles. The Morgan fingerprint density at radius 1 is 1.14 bits per heavy atom. The van der Waals surface area contributed by atoms with Crippen LogP contribution in [0.15, 0.2) is 59.8 Å². The fourth-order valence-electron chi connectivity index (χ4n) is 2.05. The summed E-state index contributed by atoms with van der Waals surface area (Å²) in [5.41, 5.74) is 6.73. The van der Waals surface area contributed by atoms with Crippen LogP contribution in [0.2, 0.25) is 0 Å². The predicted octanol–water partition coefficient (Wildman–Crippen LogP) is 2.55. The topological polar surface area (TPSA) is 59.2 Å². The van der Waals surface area contributed by atoms with Gasteiger partial charge in [0.25, 0.3) is 0 Å². The molecule has 4 nitrogen and oxygen atoms in total. The molecular weight excluding hydrogens is 294 g/mol. The number of carbonyl (C=O) groups excluding carboxylic acids is 1. The lowest BCUT2D eigenvalue weighted by Gasteiger charge is -2.22. The monoisotopic (exact) mass is 315 g/mol. The van der Waals surface area contributed by atoms with Gasteiger partial charge in [-0.3, -0.25) is 9.78 Å². The molecule has 0 aliphatic heterocycles. The Morgan fingerprint density at radius 2 is 1.86 bits per heavy atom. The standard InChI is InChI=1S/C17H21N3OS/c18-9-4-12-20(13-15-5-2-1-3-6-15)17(21)14-22-16-7-10-19-11-8-16/h1-3,5-8,10-11H,4,9,12-14,18H2. The summed E-state index contributed by atoms with van der Waals surface area (Å²) in [6.45, 7) is 1.92. The largest absolute Gasteiger partial charge is 0.338 e. The average molecular weight is 315 g/mol. The van der Waals surface area contributed by atoms with E-state index in [9.17, 15) is 4.79 Å². The third-order valence-electron chi connectivity index (χ3n) is 3.21. The van der Waals surface area contributed by atoms with Gasteiger partial charge in [0.15, 0.2) is 0 Å². The summed E-state index contributed by atoms with van der Waals surface area (Å²) in [6, 6.07) is 13.9. The van der Waals surface area contributed by atoms with Gasteiger partial charge in [-0.25, -0.2) is 0 Å². The molecule has 0 spiro atoms. The summed E-state index contributed by atoms with van der Waals surface area (Å²) in [7, 11) is 0. The van der Waals surface area contributed by atoms with Gasteiger partial charge in [-0.15, -0.1) is 11.8 Å². The summed E-state index contributed by atoms with van der Waals surface area (Å²) >= 11 is 1.54. The van der Waals surface area contributed by atoms with Crippen LogP contribution in [0.5, 0.6) is 0 Å². The van der Waals surface area contributed by atoms with Gasteiger partial charge in [-0.2, -0.15) is 0 Å². The zero-order valence-electron chi connectivity index (χ0n) is 12.5. The van der Waals surface area contributed by atoms with Crippen LogP contribution in [0.4, 0.5) is 0 Å². The normalized spacial score (nSPS) is 10.4. The van der Waals surface area contributed by atoms with E-state index in [0.717, 1.165) is 16.9 Å². The van der Waals surface area contributed by atoms with E-state index in [2.05, 4.69) is 4.98 Å². The lowest BCUT2D eigenvalue weighted by Crippen LogP contribution is -2.33. The van der Waals surface area contributed by atoms with Crippen LogP contribution >= 0.6 is 11.8 Å². The van der Waals surface area contributed by atoms with Crippen molar-refractivity contribution in [2.45, 2.75) is 17.9 Å². The Labute approximate surface area is 135 Å². The van der Waals surface area contributed by atoms with Gasteiger partial charge in [-0.1, -0.05) is 30.3 Å². The highest BCUT2D eigenvalue weighted by Gasteiger charge is 2.13. The van der Waals surface area contributed by atoms with Crippen molar-refractivity contribution in [3.63, 3.8) is 0 Å². The summed E-state index contributed by atoms with van der Waals surface area (Å²) < 4.78 is 0. The number of aromatic nitrogens is 1. The van der Waals surface area contributed by atoms with E-state index in [1.807, 2.05) is 47.4 Å². The van der Waals surface area contributed by atoms with E-state index < -0.39 is 0 Å². The van der Waals surface area contributed by atoms with Crippen molar-refractivity contribution in [1.82, 2.24) is 9.88 Å². The molecule has 0 aliphatic rings. The summed E-state index contributed by atoms with van der Waals surface area (Å²) in [5.74, 6) is 0.570. The van der Waals surface area contributed by atoms with Gasteiger partial charge in [0, 0.05) is 30.4 Å². The Bertz CT molecular complexity index is 563. The molecule has 0 atom stereocenters. The number of rotatable bonds is 8. The van der Waals surface area contributed by atoms with Crippen LogP contribution in [0.3, 0.4) is 0 Å². The minimum Gasteiger partial charge on any atom is -0.338 e. The maximum atomic E-state index is 12.5. The van der Waals surface area contributed by atoms with Crippen LogP contribution < -0.4 is 5.73 Å². The highest BCUT2D eigenvalue weighted by Crippen LogP contribution is 2.17. The lowest BCUT2D eigenvalue weighted by atomic mass is 10.2. The molecule has 0 unspecified atom stereocenters. The quantitative estimate of drug-likeness (QED) is 0.761. The summed E-state index contributed by atoms with van der Waals surface area (Å²) in [5, 5.41) is 0. The first-order valence-corrected chi connectivity index (χ1v) is 8.33. The number of nitrogens with zero attached hydrogens (tertiary/aromatic N) is 2. The Morgan fingerprint density at radius 3 is 2.55 bits per heavy atom. The number of carbonyl (C=O) groups is 1. The van der Waals surface area contributed by atoms with E-state index in [-0.39, 0.29) is 5.91 Å². The number of amides is 1. The minimum absolute atomic E-state index is 0.138. The number of pyridine rings is 1. The Hall–Kier alpha value is -1.85. The van der Waals surface area contributed by atoms with Gasteiger partial charge in [0.05, 0.1) is 5.75 Å². The number of nitrogens with two attached hydrogens (primary N) is 1. The highest BCUT2D eigenvalue weighted by atomic mass is 32.2. The SMILES string of the molecule is NCCCN(Cc1ccccc1)C(=O)CSc1ccncc1. The molecule has 0 radical (unpaired) electrons. The van der Waals surface area contributed by atoms with Crippen LogP contribution in [0.1, 0.15) is 12.0 Å². The first kappa shape index (κ1) is 16.5. The first-order valence-electron chi connectivity index (χ1n) is 7.34. The second-order valence-corrected chi connectivity index (χ2v) is 5.96. The van der Waals surface area contributed by atoms with Gasteiger partial charge in [0.2, 0.25) is 5.91 Å². The minimum atomic E-state index is 0.138. The molecule has 0 bridgehead atoms. The van der Waals surface area contributed by atoms with E-state index >= 15 is 0 Å². The molecule has 1 aromatic heterocycles. The Kier molecular flexibility index (Phi) is 6.93. The van der Waals surface area contributed by atoms with E-state index in [0.29, 0.717) is 25.4 Å². The van der Waals surface area contributed by atoms with Gasteiger partial charge in [-0.05, 0) is 30.7 Å². The van der Waals surface area contributed by atoms with Gasteiger partial charge >= 0.3 is 0 Å². The number of hydrogen-bond donors (Lipinski definition) is 1. The maximum absolute atomic E-state index is 12.5. The van der Waals surface area contributed by atoms with Crippen molar-refractivity contribution in [3.8, 4) is 0 Å². The second-order valence-electron chi connectivity index (χ2n) is 4.91. The fourth-order valence-corrected chi connectivity index (χ4v) is 2.84. The third-order valence-corrected chi connectivity index (χ3v) is 4.21. The van der Waals surface area contributed by atoms with Crippen molar-refractivity contribution >= 4 is 17.7 Å². The maximum Gasteiger partial charge on any atom is 0.233 e. The van der Waals surface area contributed by atoms with Crippen LogP contribution in [0, 0.1) is 0 Å². The first-order chi connectivity index (χ1) is 10.8. The molecule has 22 heavy (non-hydrogen) atoms. The van der Waals surface area contributed by atoms with Crippen molar-refractivity contribution in [3.05, 3.63) is 60.4 Å². The van der Waals surface area contributed by atoms with E-state index in [1.54, 1.807) is 12.4 Å². The predicted molar refractivity (Wildman–Crippen MR) is 90.5 cm³/mol. The zero-order chi connectivity index (χ0) is 15.6. The molecule has 2 aromatic rings. The molecule has 1 heterocycles. The molecule has 0 saturated heterocycles. The molecule has 1 amide bonds. The van der Waals surface area contributed by atoms with Crippen LogP contribution in [0.25, 0.3) is 0 Å². The molecule has 0 aliphatic carbocycles. The summed E-state index contributed by atoms with van der Waals surface area (Å²) in [6.07, 6.45) is 4.30. The fraction of sp³-hybridized carbons (Fsp3) is 0.294. The summed E-state index contributed by atoms with van der Waals surface area (Å²) in [4.78, 5) is 19.4. The zero-order valence-corrected chi connectivity index (χ0v) is 13.3. The lowest BCUT2D eigenvalue weighted by molar-refractivity contribution is -0.129. The molecule has 2 rings (SSSR count).